The lowest BCUT2D eigenvalue weighted by atomic mass is 9.86. The van der Waals surface area contributed by atoms with Gasteiger partial charge in [-0.2, -0.15) is 0 Å². The number of rotatable bonds is 10. The predicted molar refractivity (Wildman–Crippen MR) is 123 cm³/mol. The lowest BCUT2D eigenvalue weighted by Crippen LogP contribution is -2.48. The SMILES string of the molecule is CCNC(=NCCS(=O)(=O)NCC1CCC1)NC1CCN(Cc2ccccc2)CC1. The third-order valence-corrected chi connectivity index (χ3v) is 7.29. The molecule has 0 aromatic heterocycles. The Balaban J connectivity index is 1.40. The van der Waals surface area contributed by atoms with E-state index >= 15 is 0 Å². The van der Waals surface area contributed by atoms with E-state index < -0.39 is 10.0 Å². The highest BCUT2D eigenvalue weighted by molar-refractivity contribution is 7.89. The van der Waals surface area contributed by atoms with Gasteiger partial charge in [-0.15, -0.1) is 0 Å². The van der Waals surface area contributed by atoms with Gasteiger partial charge in [-0.3, -0.25) is 9.89 Å². The first-order valence-electron chi connectivity index (χ1n) is 11.3. The summed E-state index contributed by atoms with van der Waals surface area (Å²) in [6, 6.07) is 10.9. The molecule has 1 aromatic rings. The Labute approximate surface area is 181 Å². The molecule has 0 unspecified atom stereocenters. The van der Waals surface area contributed by atoms with Gasteiger partial charge >= 0.3 is 0 Å². The van der Waals surface area contributed by atoms with Crippen LogP contribution in [0.4, 0.5) is 0 Å². The summed E-state index contributed by atoms with van der Waals surface area (Å²) in [5, 5.41) is 6.74. The van der Waals surface area contributed by atoms with Gasteiger partial charge in [-0.05, 0) is 44.1 Å². The van der Waals surface area contributed by atoms with Crippen molar-refractivity contribution in [2.45, 2.75) is 51.6 Å². The number of sulfonamides is 1. The molecule has 1 heterocycles. The van der Waals surface area contributed by atoms with Crippen LogP contribution in [0, 0.1) is 5.92 Å². The highest BCUT2D eigenvalue weighted by Crippen LogP contribution is 2.25. The van der Waals surface area contributed by atoms with Crippen molar-refractivity contribution in [3.63, 3.8) is 0 Å². The van der Waals surface area contributed by atoms with Crippen LogP contribution < -0.4 is 15.4 Å². The zero-order chi connectivity index (χ0) is 21.2. The van der Waals surface area contributed by atoms with E-state index in [0.717, 1.165) is 51.9 Å². The van der Waals surface area contributed by atoms with E-state index in [-0.39, 0.29) is 12.3 Å². The van der Waals surface area contributed by atoms with Gasteiger partial charge in [0.2, 0.25) is 10.0 Å². The summed E-state index contributed by atoms with van der Waals surface area (Å²) in [6.45, 7) is 6.71. The summed E-state index contributed by atoms with van der Waals surface area (Å²) < 4.78 is 27.1. The minimum absolute atomic E-state index is 0.0335. The molecule has 0 bridgehead atoms. The summed E-state index contributed by atoms with van der Waals surface area (Å²) in [5.41, 5.74) is 1.35. The lowest BCUT2D eigenvalue weighted by Gasteiger charge is -2.33. The van der Waals surface area contributed by atoms with Crippen molar-refractivity contribution in [1.29, 1.82) is 0 Å². The highest BCUT2D eigenvalue weighted by Gasteiger charge is 2.21. The van der Waals surface area contributed by atoms with Crippen LogP contribution in [0.3, 0.4) is 0 Å². The molecule has 2 aliphatic rings. The van der Waals surface area contributed by atoms with Crippen molar-refractivity contribution < 1.29 is 8.42 Å². The second kappa shape index (κ2) is 11.7. The van der Waals surface area contributed by atoms with Crippen LogP contribution in [-0.4, -0.2) is 63.8 Å². The Kier molecular flexibility index (Phi) is 8.96. The number of nitrogens with one attached hydrogen (secondary N) is 3. The Morgan fingerprint density at radius 3 is 2.50 bits per heavy atom. The summed E-state index contributed by atoms with van der Waals surface area (Å²) in [6.07, 6.45) is 5.61. The molecular weight excluding hydrogens is 398 g/mol. The monoisotopic (exact) mass is 435 g/mol. The van der Waals surface area contributed by atoms with E-state index in [0.29, 0.717) is 24.5 Å². The van der Waals surface area contributed by atoms with Crippen LogP contribution >= 0.6 is 0 Å². The second-order valence-corrected chi connectivity index (χ2v) is 10.3. The number of piperidine rings is 1. The Bertz CT molecular complexity index is 757. The first-order valence-corrected chi connectivity index (χ1v) is 13.0. The molecule has 3 N–H and O–H groups in total. The molecule has 0 spiro atoms. The van der Waals surface area contributed by atoms with Crippen LogP contribution in [-0.2, 0) is 16.6 Å². The fourth-order valence-corrected chi connectivity index (χ4v) is 4.85. The maximum absolute atomic E-state index is 12.2. The quantitative estimate of drug-likeness (QED) is 0.386. The molecule has 1 saturated carbocycles. The standard InChI is InChI=1S/C22H37N5O2S/c1-2-23-22(24-13-16-30(28,29)25-17-19-9-6-10-19)26-21-11-14-27(15-12-21)18-20-7-4-3-5-8-20/h3-5,7-8,19,21,25H,2,6,9-18H2,1H3,(H2,23,24,26). The highest BCUT2D eigenvalue weighted by atomic mass is 32.2. The minimum Gasteiger partial charge on any atom is -0.357 e. The molecule has 30 heavy (non-hydrogen) atoms. The maximum atomic E-state index is 12.2. The molecule has 168 valence electrons. The Morgan fingerprint density at radius 1 is 1.13 bits per heavy atom. The molecule has 1 aliphatic carbocycles. The molecule has 8 heteroatoms. The van der Waals surface area contributed by atoms with Gasteiger partial charge in [0.05, 0.1) is 12.3 Å². The average molecular weight is 436 g/mol. The predicted octanol–water partition coefficient (Wildman–Crippen LogP) is 1.93. The van der Waals surface area contributed by atoms with E-state index in [2.05, 4.69) is 55.6 Å². The van der Waals surface area contributed by atoms with Gasteiger partial charge in [0.15, 0.2) is 5.96 Å². The molecule has 3 rings (SSSR count). The topological polar surface area (TPSA) is 85.8 Å². The molecule has 0 radical (unpaired) electrons. The number of benzene rings is 1. The van der Waals surface area contributed by atoms with Gasteiger partial charge in [-0.1, -0.05) is 36.8 Å². The van der Waals surface area contributed by atoms with Crippen LogP contribution in [0.2, 0.25) is 0 Å². The molecule has 1 aliphatic heterocycles. The third-order valence-electron chi connectivity index (χ3n) is 5.97. The van der Waals surface area contributed by atoms with Crippen molar-refractivity contribution in [2.75, 3.05) is 38.5 Å². The van der Waals surface area contributed by atoms with Crippen LogP contribution in [0.25, 0.3) is 0 Å². The van der Waals surface area contributed by atoms with Crippen LogP contribution in [0.1, 0.15) is 44.6 Å². The van der Waals surface area contributed by atoms with Crippen molar-refractivity contribution in [1.82, 2.24) is 20.3 Å². The van der Waals surface area contributed by atoms with Gasteiger partial charge in [-0.25, -0.2) is 13.1 Å². The van der Waals surface area contributed by atoms with Crippen molar-refractivity contribution >= 4 is 16.0 Å². The number of nitrogens with zero attached hydrogens (tertiary/aromatic N) is 2. The first kappa shape index (κ1) is 23.0. The second-order valence-electron chi connectivity index (χ2n) is 8.41. The zero-order valence-corrected chi connectivity index (χ0v) is 19.0. The van der Waals surface area contributed by atoms with E-state index in [1.54, 1.807) is 0 Å². The summed E-state index contributed by atoms with van der Waals surface area (Å²) in [7, 11) is -3.25. The van der Waals surface area contributed by atoms with Crippen molar-refractivity contribution in [3.05, 3.63) is 35.9 Å². The molecule has 1 aromatic carbocycles. The zero-order valence-electron chi connectivity index (χ0n) is 18.1. The number of aliphatic imine (C=N–C) groups is 1. The minimum atomic E-state index is -3.25. The summed E-state index contributed by atoms with van der Waals surface area (Å²) in [4.78, 5) is 6.99. The van der Waals surface area contributed by atoms with Gasteiger partial charge < -0.3 is 10.6 Å². The fraction of sp³-hybridized carbons (Fsp3) is 0.682. The summed E-state index contributed by atoms with van der Waals surface area (Å²) in [5.74, 6) is 1.27. The molecule has 1 saturated heterocycles. The molecule has 7 nitrogen and oxygen atoms in total. The lowest BCUT2D eigenvalue weighted by molar-refractivity contribution is 0.198. The largest absolute Gasteiger partial charge is 0.357 e. The van der Waals surface area contributed by atoms with E-state index in [9.17, 15) is 8.42 Å². The molecule has 0 atom stereocenters. The van der Waals surface area contributed by atoms with Crippen LogP contribution in [0.5, 0.6) is 0 Å². The summed E-state index contributed by atoms with van der Waals surface area (Å²) >= 11 is 0. The fourth-order valence-electron chi connectivity index (χ4n) is 3.88. The van der Waals surface area contributed by atoms with Crippen molar-refractivity contribution in [2.24, 2.45) is 10.9 Å². The number of hydrogen-bond donors (Lipinski definition) is 3. The third kappa shape index (κ3) is 7.89. The molecule has 0 amide bonds. The normalized spacial score (nSPS) is 19.4. The van der Waals surface area contributed by atoms with E-state index in [4.69, 9.17) is 0 Å². The van der Waals surface area contributed by atoms with Gasteiger partial charge in [0, 0.05) is 38.8 Å². The Morgan fingerprint density at radius 2 is 1.87 bits per heavy atom. The Hall–Kier alpha value is -1.64. The van der Waals surface area contributed by atoms with Crippen molar-refractivity contribution in [3.8, 4) is 0 Å². The number of hydrogen-bond acceptors (Lipinski definition) is 4. The van der Waals surface area contributed by atoms with Gasteiger partial charge in [0.1, 0.15) is 0 Å². The number of likely N-dealkylation sites (tertiary alicyclic amines) is 1. The molecule has 2 fully saturated rings. The van der Waals surface area contributed by atoms with E-state index in [1.807, 2.05) is 6.92 Å². The van der Waals surface area contributed by atoms with E-state index in [1.165, 1.54) is 12.0 Å². The smallest absolute Gasteiger partial charge is 0.213 e. The molecular formula is C22H37N5O2S. The number of guanidine groups is 1. The van der Waals surface area contributed by atoms with Gasteiger partial charge in [0.25, 0.3) is 0 Å². The van der Waals surface area contributed by atoms with Crippen LogP contribution in [0.15, 0.2) is 35.3 Å². The average Bonchev–Trinajstić information content (AvgIpc) is 2.69. The maximum Gasteiger partial charge on any atom is 0.213 e. The first-order chi connectivity index (χ1) is 14.5.